The third-order valence-electron chi connectivity index (χ3n) is 8.17. The number of hydrogen-bond acceptors (Lipinski definition) is 18. The smallest absolute Gasteiger partial charge is 0.352 e. The average molecular weight is 841 g/mol. The number of thioether (sulfide) groups is 1. The van der Waals surface area contributed by atoms with E-state index in [0.29, 0.717) is 17.8 Å². The number of carboxylic acid groups (broad SMARTS) is 1. The number of aliphatic hydroxyl groups excluding tert-OH is 1. The zero-order valence-electron chi connectivity index (χ0n) is 29.1. The van der Waals surface area contributed by atoms with E-state index in [4.69, 9.17) is 27.9 Å². The molecule has 5 rings (SSSR count). The summed E-state index contributed by atoms with van der Waals surface area (Å²) in [4.78, 5) is 86.3. The molecule has 0 bridgehead atoms. The van der Waals surface area contributed by atoms with Crippen LogP contribution < -0.4 is 38.2 Å². The van der Waals surface area contributed by atoms with Crippen LogP contribution in [0.15, 0.2) is 45.4 Å². The Kier molecular flexibility index (Phi) is 12.2. The van der Waals surface area contributed by atoms with Crippen LogP contribution in [0.1, 0.15) is 36.5 Å². The maximum Gasteiger partial charge on any atom is 0.352 e. The highest BCUT2D eigenvalue weighted by molar-refractivity contribution is 8.00. The number of halogens is 1. The highest BCUT2D eigenvalue weighted by Crippen LogP contribution is 2.40. The molecule has 1 fully saturated rings. The number of aliphatic carboxylic acids is 1. The molecule has 4 amide bonds. The molecule has 0 aliphatic carbocycles. The Hall–Kier alpha value is -5.73. The van der Waals surface area contributed by atoms with Gasteiger partial charge in [0, 0.05) is 30.4 Å². The Morgan fingerprint density at radius 1 is 1.27 bits per heavy atom. The van der Waals surface area contributed by atoms with Crippen LogP contribution in [-0.4, -0.2) is 135 Å². The minimum Gasteiger partial charge on any atom is -0.503 e. The van der Waals surface area contributed by atoms with Crippen molar-refractivity contribution in [3.63, 3.8) is 0 Å². The van der Waals surface area contributed by atoms with Gasteiger partial charge in [0.05, 0.1) is 6.20 Å². The molecule has 0 aromatic carbocycles. The van der Waals surface area contributed by atoms with Gasteiger partial charge in [-0.05, 0) is 13.8 Å². The number of aromatic nitrogens is 2. The highest BCUT2D eigenvalue weighted by atomic mass is 35.5. The molecule has 0 saturated carbocycles. The summed E-state index contributed by atoms with van der Waals surface area (Å²) >= 11 is 8.19. The minimum atomic E-state index is -2.00. The maximum absolute atomic E-state index is 13.5. The Morgan fingerprint density at radius 3 is 2.62 bits per heavy atom. The number of nitrogens with one attached hydrogen (secondary N) is 4. The van der Waals surface area contributed by atoms with Crippen LogP contribution >= 0.6 is 34.7 Å². The molecule has 23 nitrogen and oxygen atoms in total. The number of pyridine rings is 1. The van der Waals surface area contributed by atoms with Gasteiger partial charge >= 0.3 is 5.97 Å². The van der Waals surface area contributed by atoms with Gasteiger partial charge in [0.25, 0.3) is 17.7 Å². The number of carbonyl (C=O) groups is 5. The van der Waals surface area contributed by atoms with Crippen molar-refractivity contribution in [1.82, 2.24) is 35.9 Å². The first-order valence-corrected chi connectivity index (χ1v) is 18.3. The number of anilines is 1. The van der Waals surface area contributed by atoms with Crippen molar-refractivity contribution in [3.05, 3.63) is 61.4 Å². The number of aromatic hydroxyl groups is 1. The first-order valence-electron chi connectivity index (χ1n) is 16.1. The van der Waals surface area contributed by atoms with Crippen LogP contribution in [0.4, 0.5) is 5.13 Å². The molecule has 2 aromatic heterocycles. The highest BCUT2D eigenvalue weighted by Gasteiger charge is 2.55. The van der Waals surface area contributed by atoms with Gasteiger partial charge in [-0.3, -0.25) is 39.9 Å². The van der Waals surface area contributed by atoms with E-state index in [0.717, 1.165) is 28.0 Å². The average Bonchev–Trinajstić information content (AvgIpc) is 3.46. The largest absolute Gasteiger partial charge is 0.503 e. The number of carboxylic acids is 1. The number of amides is 4. The van der Waals surface area contributed by atoms with E-state index < -0.39 is 81.7 Å². The summed E-state index contributed by atoms with van der Waals surface area (Å²) in [7, 11) is 0. The number of fused-ring (bicyclic) bond motifs is 1. The minimum absolute atomic E-state index is 0.0200. The van der Waals surface area contributed by atoms with E-state index in [9.17, 15) is 54.4 Å². The van der Waals surface area contributed by atoms with Gasteiger partial charge in [-0.25, -0.2) is 14.4 Å². The number of β-lactam (4-membered cyclic amide) rings is 1. The lowest BCUT2D eigenvalue weighted by atomic mass is 10.0. The van der Waals surface area contributed by atoms with Crippen molar-refractivity contribution in [2.45, 2.75) is 49.7 Å². The topological polar surface area (TPSA) is 349 Å². The number of nitrogens with two attached hydrogens (primary N) is 2. The van der Waals surface area contributed by atoms with Gasteiger partial charge < -0.3 is 52.2 Å². The fourth-order valence-electron chi connectivity index (χ4n) is 5.15. The number of rotatable bonds is 14. The molecule has 2 aromatic rings. The van der Waals surface area contributed by atoms with Crippen molar-refractivity contribution in [2.75, 3.05) is 24.6 Å². The first-order chi connectivity index (χ1) is 26.3. The molecular formula is C30H35ClN11O12S2+. The van der Waals surface area contributed by atoms with Gasteiger partial charge in [-0.2, -0.15) is 4.73 Å². The maximum atomic E-state index is 13.5. The van der Waals surface area contributed by atoms with E-state index in [1.807, 2.05) is 0 Å². The van der Waals surface area contributed by atoms with E-state index in [1.54, 1.807) is 0 Å². The third-order valence-corrected chi connectivity index (χ3v) is 10.6. The molecule has 1 saturated heterocycles. The summed E-state index contributed by atoms with van der Waals surface area (Å²) in [6.45, 7) is 2.27. The lowest BCUT2D eigenvalue weighted by Gasteiger charge is -2.49. The van der Waals surface area contributed by atoms with E-state index in [2.05, 4.69) is 31.4 Å². The predicted octanol–water partition coefficient (Wildman–Crippen LogP) is -3.26. The molecule has 26 heteroatoms. The van der Waals surface area contributed by atoms with Crippen molar-refractivity contribution >= 4 is 81.5 Å². The van der Waals surface area contributed by atoms with Gasteiger partial charge in [-0.15, -0.1) is 11.8 Å². The van der Waals surface area contributed by atoms with Crippen molar-refractivity contribution in [3.8, 4) is 5.75 Å². The van der Waals surface area contributed by atoms with Crippen LogP contribution in [-0.2, 0) is 24.0 Å². The standard InChI is InChI=1S/C30H34ClN11O12S2/c1-30(2,28(51)52)54-39-18(17-21(31)56-29(33)38-17)24(47)37-19-25(48)42-20(27(49)50)11(9-55-26(19)42)6-40-7-12(22(32)35-10-40)36-16(45)3-4-34-23(46)13-5-14(43)15(44)8-41(13)53/h5,7-8,10,19,22,26,28,51-53H,3-4,6,9,32H2,1-2H3,(H7,33,34,36,37,38,44,45,46,47,49,50)/p+1/b39-18-/t19-,22?,26?/m1/s1. The van der Waals surface area contributed by atoms with Gasteiger partial charge in [-0.1, -0.05) is 28.1 Å². The van der Waals surface area contributed by atoms with Crippen LogP contribution in [0.3, 0.4) is 0 Å². The van der Waals surface area contributed by atoms with Crippen molar-refractivity contribution in [2.24, 2.45) is 10.9 Å². The molecule has 5 heterocycles. The monoisotopic (exact) mass is 840 g/mol. The second-order valence-electron chi connectivity index (χ2n) is 12.6. The van der Waals surface area contributed by atoms with E-state index >= 15 is 0 Å². The van der Waals surface area contributed by atoms with E-state index in [1.165, 1.54) is 31.0 Å². The quantitative estimate of drug-likeness (QED) is 0.0222. The van der Waals surface area contributed by atoms with Crippen molar-refractivity contribution < 1.29 is 59.0 Å². The SMILES string of the molecule is CC(C)(O/N=C(\C(=O)N[C@@H]1C(=O)N2C(C(=O)O)=C(C[N+]3=CNC(N)C(NC(=O)CCNC(=O)c4cc(=O)c(O)cn4O)=C3)CSC12)c1nc(N)sc1Cl)C(O)O. The Morgan fingerprint density at radius 2 is 1.98 bits per heavy atom. The molecule has 300 valence electrons. The number of aliphatic hydroxyl groups is 2. The molecule has 3 atom stereocenters. The second-order valence-corrected chi connectivity index (χ2v) is 15.4. The molecular weight excluding hydrogens is 806 g/mol. The number of nitrogen functional groups attached to an aromatic ring is 1. The van der Waals surface area contributed by atoms with Crippen LogP contribution in [0, 0.1) is 0 Å². The zero-order valence-corrected chi connectivity index (χ0v) is 31.5. The molecule has 0 spiro atoms. The number of carbonyl (C=O) groups excluding carboxylic acids is 4. The summed E-state index contributed by atoms with van der Waals surface area (Å²) in [5, 5.41) is 61.7. The molecule has 56 heavy (non-hydrogen) atoms. The van der Waals surface area contributed by atoms with Gasteiger partial charge in [0.15, 0.2) is 34.6 Å². The summed E-state index contributed by atoms with van der Waals surface area (Å²) in [5.74, 6) is -5.32. The molecule has 2 unspecified atom stereocenters. The molecule has 0 radical (unpaired) electrons. The summed E-state index contributed by atoms with van der Waals surface area (Å²) in [6.07, 6.45) is 0.375. The first kappa shape index (κ1) is 41.4. The van der Waals surface area contributed by atoms with E-state index in [-0.39, 0.29) is 56.5 Å². The fourth-order valence-corrected chi connectivity index (χ4v) is 7.41. The van der Waals surface area contributed by atoms with Crippen LogP contribution in [0.5, 0.6) is 5.75 Å². The Bertz CT molecular complexity index is 2170. The van der Waals surface area contributed by atoms with Gasteiger partial charge in [0.1, 0.15) is 51.3 Å². The molecule has 3 aliphatic rings. The fraction of sp³-hybridized carbons (Fsp3) is 0.367. The Labute approximate surface area is 327 Å². The number of hydrogen-bond donors (Lipinski definition) is 11. The molecule has 3 aliphatic heterocycles. The third kappa shape index (κ3) is 8.87. The number of nitrogens with zero attached hydrogens (tertiary/aromatic N) is 5. The lowest BCUT2D eigenvalue weighted by molar-refractivity contribution is -0.448. The summed E-state index contributed by atoms with van der Waals surface area (Å²) in [6, 6.07) is -0.503. The summed E-state index contributed by atoms with van der Waals surface area (Å²) in [5.41, 5.74) is 8.19. The van der Waals surface area contributed by atoms with Crippen LogP contribution in [0.25, 0.3) is 0 Å². The lowest BCUT2D eigenvalue weighted by Crippen LogP contribution is -2.71. The number of oxime groups is 1. The van der Waals surface area contributed by atoms with Crippen molar-refractivity contribution in [1.29, 1.82) is 0 Å². The summed E-state index contributed by atoms with van der Waals surface area (Å²) < 4.78 is 1.71. The van der Waals surface area contributed by atoms with Crippen LogP contribution in [0.2, 0.25) is 4.34 Å². The molecule has 13 N–H and O–H groups in total. The predicted molar refractivity (Wildman–Crippen MR) is 196 cm³/mol. The zero-order chi connectivity index (χ0) is 41.2. The second kappa shape index (κ2) is 16.6. The Balaban J connectivity index is 1.24. The van der Waals surface area contributed by atoms with Gasteiger partial charge in [0.2, 0.25) is 17.7 Å². The number of thiazole rings is 1. The normalized spacial score (nSPS) is 19.6.